The van der Waals surface area contributed by atoms with E-state index in [1.54, 1.807) is 18.3 Å². The molecule has 0 saturated heterocycles. The molecule has 2 N–H and O–H groups in total. The first kappa shape index (κ1) is 17.9. The maximum Gasteiger partial charge on any atom is 0.221 e. The monoisotopic (exact) mass is 327 g/mol. The lowest BCUT2D eigenvalue weighted by Crippen LogP contribution is -2.16. The maximum absolute atomic E-state index is 11.0. The van der Waals surface area contributed by atoms with Gasteiger partial charge in [-0.2, -0.15) is 0 Å². The number of rotatable bonds is 8. The molecule has 0 aliphatic heterocycles. The Balaban J connectivity index is 1.83. The Bertz CT molecular complexity index is 637. The van der Waals surface area contributed by atoms with Crippen LogP contribution >= 0.6 is 0 Å². The van der Waals surface area contributed by atoms with Gasteiger partial charge in [-0.15, -0.1) is 0 Å². The third-order valence-electron chi connectivity index (χ3n) is 3.43. The molecule has 1 amide bonds. The highest BCUT2D eigenvalue weighted by molar-refractivity contribution is 5.88. The van der Waals surface area contributed by atoms with Gasteiger partial charge in [-0.25, -0.2) is 4.98 Å². The van der Waals surface area contributed by atoms with Crippen molar-refractivity contribution in [3.8, 4) is 11.6 Å². The predicted molar refractivity (Wildman–Crippen MR) is 96.2 cm³/mol. The number of carbonyl (C=O) groups is 1. The summed E-state index contributed by atoms with van der Waals surface area (Å²) >= 11 is 0. The number of aromatic nitrogens is 1. The highest BCUT2D eigenvalue weighted by Crippen LogP contribution is 2.21. The van der Waals surface area contributed by atoms with Crippen LogP contribution in [-0.2, 0) is 11.3 Å². The summed E-state index contributed by atoms with van der Waals surface area (Å²) in [6.45, 7) is 7.80. The average Bonchev–Trinajstić information content (AvgIpc) is 2.54. The summed E-state index contributed by atoms with van der Waals surface area (Å²) in [6.07, 6.45) is 2.76. The molecule has 24 heavy (non-hydrogen) atoms. The van der Waals surface area contributed by atoms with Crippen LogP contribution in [0.15, 0.2) is 42.6 Å². The van der Waals surface area contributed by atoms with Gasteiger partial charge < -0.3 is 15.4 Å². The van der Waals surface area contributed by atoms with Crippen LogP contribution in [0.1, 0.15) is 32.8 Å². The lowest BCUT2D eigenvalue weighted by Gasteiger charge is -2.09. The van der Waals surface area contributed by atoms with Crippen molar-refractivity contribution in [3.63, 3.8) is 0 Å². The van der Waals surface area contributed by atoms with E-state index in [0.29, 0.717) is 11.6 Å². The first-order chi connectivity index (χ1) is 11.5. The van der Waals surface area contributed by atoms with Gasteiger partial charge in [0.05, 0.1) is 11.9 Å². The first-order valence-corrected chi connectivity index (χ1v) is 8.24. The number of nitrogens with zero attached hydrogens (tertiary/aromatic N) is 1. The second-order valence-corrected chi connectivity index (χ2v) is 6.17. The second kappa shape index (κ2) is 9.03. The fraction of sp³-hybridized carbons (Fsp3) is 0.368. The SMILES string of the molecule is CC(=O)Nc1ccc(Oc2ccc(CNCCC(C)C)cc2)nc1. The number of amides is 1. The number of hydrogen-bond donors (Lipinski definition) is 2. The topological polar surface area (TPSA) is 63.2 Å². The van der Waals surface area contributed by atoms with Gasteiger partial charge in [0.2, 0.25) is 11.8 Å². The molecule has 1 aromatic heterocycles. The van der Waals surface area contributed by atoms with Gasteiger partial charge in [0.15, 0.2) is 0 Å². The minimum atomic E-state index is -0.122. The van der Waals surface area contributed by atoms with Crippen LogP contribution in [0.5, 0.6) is 11.6 Å². The molecule has 2 aromatic rings. The molecular formula is C19H25N3O2. The third-order valence-corrected chi connectivity index (χ3v) is 3.43. The van der Waals surface area contributed by atoms with Crippen molar-refractivity contribution in [2.24, 2.45) is 5.92 Å². The van der Waals surface area contributed by atoms with Crippen molar-refractivity contribution >= 4 is 11.6 Å². The average molecular weight is 327 g/mol. The van der Waals surface area contributed by atoms with E-state index < -0.39 is 0 Å². The summed E-state index contributed by atoms with van der Waals surface area (Å²) in [4.78, 5) is 15.2. The van der Waals surface area contributed by atoms with E-state index in [0.717, 1.165) is 24.8 Å². The number of nitrogens with one attached hydrogen (secondary N) is 2. The standard InChI is InChI=1S/C19H25N3O2/c1-14(2)10-11-20-12-16-4-7-18(8-5-16)24-19-9-6-17(13-21-19)22-15(3)23/h4-9,13-14,20H,10-12H2,1-3H3,(H,22,23). The number of ether oxygens (including phenoxy) is 1. The molecule has 0 fully saturated rings. The molecule has 0 atom stereocenters. The van der Waals surface area contributed by atoms with Crippen molar-refractivity contribution in [2.45, 2.75) is 33.7 Å². The summed E-state index contributed by atoms with van der Waals surface area (Å²) < 4.78 is 5.71. The smallest absolute Gasteiger partial charge is 0.221 e. The molecule has 2 rings (SSSR count). The van der Waals surface area contributed by atoms with Gasteiger partial charge in [-0.05, 0) is 42.6 Å². The summed E-state index contributed by atoms with van der Waals surface area (Å²) in [7, 11) is 0. The fourth-order valence-corrected chi connectivity index (χ4v) is 2.14. The quantitative estimate of drug-likeness (QED) is 0.720. The number of carbonyl (C=O) groups excluding carboxylic acids is 1. The van der Waals surface area contributed by atoms with Gasteiger partial charge in [-0.3, -0.25) is 4.79 Å². The van der Waals surface area contributed by atoms with E-state index in [9.17, 15) is 4.79 Å². The maximum atomic E-state index is 11.0. The van der Waals surface area contributed by atoms with Gasteiger partial charge in [0.1, 0.15) is 5.75 Å². The Hall–Kier alpha value is -2.40. The molecule has 0 aliphatic rings. The fourth-order valence-electron chi connectivity index (χ4n) is 2.14. The van der Waals surface area contributed by atoms with E-state index in [1.807, 2.05) is 24.3 Å². The zero-order chi connectivity index (χ0) is 17.4. The number of anilines is 1. The summed E-state index contributed by atoms with van der Waals surface area (Å²) in [5, 5.41) is 6.11. The van der Waals surface area contributed by atoms with Crippen LogP contribution < -0.4 is 15.4 Å². The highest BCUT2D eigenvalue weighted by Gasteiger charge is 2.01. The minimum Gasteiger partial charge on any atom is -0.439 e. The van der Waals surface area contributed by atoms with Crippen molar-refractivity contribution in [1.29, 1.82) is 0 Å². The van der Waals surface area contributed by atoms with Gasteiger partial charge in [-0.1, -0.05) is 26.0 Å². The molecule has 128 valence electrons. The van der Waals surface area contributed by atoms with E-state index in [-0.39, 0.29) is 5.91 Å². The predicted octanol–water partition coefficient (Wildman–Crippen LogP) is 3.97. The molecule has 0 radical (unpaired) electrons. The van der Waals surface area contributed by atoms with Crippen LogP contribution in [0.4, 0.5) is 5.69 Å². The Morgan fingerprint density at radius 2 is 1.92 bits per heavy atom. The van der Waals surface area contributed by atoms with E-state index in [2.05, 4.69) is 29.5 Å². The van der Waals surface area contributed by atoms with Crippen molar-refractivity contribution in [2.75, 3.05) is 11.9 Å². The van der Waals surface area contributed by atoms with E-state index in [4.69, 9.17) is 4.74 Å². The van der Waals surface area contributed by atoms with Crippen molar-refractivity contribution < 1.29 is 9.53 Å². The summed E-state index contributed by atoms with van der Waals surface area (Å²) in [5.74, 6) is 1.83. The molecule has 5 heteroatoms. The molecular weight excluding hydrogens is 302 g/mol. The lowest BCUT2D eigenvalue weighted by atomic mass is 10.1. The molecule has 1 aromatic carbocycles. The minimum absolute atomic E-state index is 0.122. The molecule has 0 unspecified atom stereocenters. The van der Waals surface area contributed by atoms with Crippen LogP contribution in [0.3, 0.4) is 0 Å². The van der Waals surface area contributed by atoms with Gasteiger partial charge >= 0.3 is 0 Å². The number of hydrogen-bond acceptors (Lipinski definition) is 4. The molecule has 0 spiro atoms. The van der Waals surface area contributed by atoms with Crippen LogP contribution in [-0.4, -0.2) is 17.4 Å². The Morgan fingerprint density at radius 1 is 1.17 bits per heavy atom. The summed E-state index contributed by atoms with van der Waals surface area (Å²) in [5.41, 5.74) is 1.87. The zero-order valence-corrected chi connectivity index (χ0v) is 14.5. The Labute approximate surface area is 143 Å². The van der Waals surface area contributed by atoms with Crippen LogP contribution in [0.25, 0.3) is 0 Å². The third kappa shape index (κ3) is 6.38. The molecule has 5 nitrogen and oxygen atoms in total. The Kier molecular flexibility index (Phi) is 6.75. The molecule has 0 saturated carbocycles. The van der Waals surface area contributed by atoms with E-state index in [1.165, 1.54) is 18.9 Å². The molecule has 0 aliphatic carbocycles. The zero-order valence-electron chi connectivity index (χ0n) is 14.5. The van der Waals surface area contributed by atoms with Crippen molar-refractivity contribution in [1.82, 2.24) is 10.3 Å². The number of pyridine rings is 1. The summed E-state index contributed by atoms with van der Waals surface area (Å²) in [6, 6.07) is 11.4. The highest BCUT2D eigenvalue weighted by atomic mass is 16.5. The molecule has 1 heterocycles. The van der Waals surface area contributed by atoms with Crippen LogP contribution in [0, 0.1) is 5.92 Å². The molecule has 0 bridgehead atoms. The van der Waals surface area contributed by atoms with Crippen LogP contribution in [0.2, 0.25) is 0 Å². The number of benzene rings is 1. The Morgan fingerprint density at radius 3 is 2.50 bits per heavy atom. The lowest BCUT2D eigenvalue weighted by molar-refractivity contribution is -0.114. The van der Waals surface area contributed by atoms with Gasteiger partial charge in [0.25, 0.3) is 0 Å². The second-order valence-electron chi connectivity index (χ2n) is 6.17. The van der Waals surface area contributed by atoms with Crippen molar-refractivity contribution in [3.05, 3.63) is 48.2 Å². The normalized spacial score (nSPS) is 10.7. The first-order valence-electron chi connectivity index (χ1n) is 8.24. The van der Waals surface area contributed by atoms with Gasteiger partial charge in [0, 0.05) is 19.5 Å². The van der Waals surface area contributed by atoms with E-state index >= 15 is 0 Å². The largest absolute Gasteiger partial charge is 0.439 e.